The number of carbonyl (C=O) groups excluding carboxylic acids is 2. The number of nitrogens with zero attached hydrogens (tertiary/aromatic N) is 3. The minimum atomic E-state index is -0.100. The van der Waals surface area contributed by atoms with Gasteiger partial charge in [0.25, 0.3) is 5.91 Å². The molecule has 2 aromatic rings. The predicted octanol–water partition coefficient (Wildman–Crippen LogP) is 2.44. The summed E-state index contributed by atoms with van der Waals surface area (Å²) in [6.07, 6.45) is 1.64. The van der Waals surface area contributed by atoms with Crippen LogP contribution in [0.4, 0.5) is 11.4 Å². The van der Waals surface area contributed by atoms with Gasteiger partial charge in [-0.1, -0.05) is 18.2 Å². The molecule has 2 amide bonds. The molecule has 0 atom stereocenters. The zero-order chi connectivity index (χ0) is 17.8. The van der Waals surface area contributed by atoms with Crippen molar-refractivity contribution in [3.05, 3.63) is 53.9 Å². The van der Waals surface area contributed by atoms with Crippen LogP contribution in [0, 0.1) is 6.92 Å². The number of aryl methyl sites for hydroxylation is 1. The van der Waals surface area contributed by atoms with E-state index in [9.17, 15) is 9.59 Å². The van der Waals surface area contributed by atoms with E-state index in [-0.39, 0.29) is 11.8 Å². The molecule has 1 N–H and O–H groups in total. The Morgan fingerprint density at radius 3 is 2.40 bits per heavy atom. The lowest BCUT2D eigenvalue weighted by Crippen LogP contribution is -2.50. The van der Waals surface area contributed by atoms with Crippen molar-refractivity contribution in [3.63, 3.8) is 0 Å². The van der Waals surface area contributed by atoms with Crippen LogP contribution in [0.2, 0.25) is 0 Å². The summed E-state index contributed by atoms with van der Waals surface area (Å²) >= 11 is 0. The summed E-state index contributed by atoms with van der Waals surface area (Å²) in [5, 5.41) is 3.33. The van der Waals surface area contributed by atoms with E-state index in [0.29, 0.717) is 31.9 Å². The molecule has 3 rings (SSSR count). The molecule has 1 aliphatic heterocycles. The molecule has 25 heavy (non-hydrogen) atoms. The maximum Gasteiger partial charge on any atom is 0.272 e. The number of pyridine rings is 1. The maximum absolute atomic E-state index is 12.7. The molecule has 1 aliphatic rings. The Balaban J connectivity index is 1.70. The number of rotatable bonds is 3. The molecule has 130 valence electrons. The van der Waals surface area contributed by atoms with Crippen LogP contribution in [0.15, 0.2) is 42.6 Å². The second-order valence-corrected chi connectivity index (χ2v) is 6.17. The van der Waals surface area contributed by atoms with Crippen molar-refractivity contribution in [1.82, 2.24) is 14.8 Å². The van der Waals surface area contributed by atoms with Crippen LogP contribution in [0.1, 0.15) is 23.0 Å². The molecule has 6 heteroatoms. The number of amides is 2. The maximum atomic E-state index is 12.7. The summed E-state index contributed by atoms with van der Waals surface area (Å²) in [4.78, 5) is 31.8. The highest BCUT2D eigenvalue weighted by Crippen LogP contribution is 2.20. The van der Waals surface area contributed by atoms with Gasteiger partial charge in [-0.3, -0.25) is 14.6 Å². The quantitative estimate of drug-likeness (QED) is 0.933. The van der Waals surface area contributed by atoms with Gasteiger partial charge in [0.15, 0.2) is 0 Å². The Morgan fingerprint density at radius 2 is 1.72 bits per heavy atom. The fourth-order valence-corrected chi connectivity index (χ4v) is 2.88. The van der Waals surface area contributed by atoms with Gasteiger partial charge in [-0.05, 0) is 30.7 Å². The number of aromatic nitrogens is 1. The molecule has 0 saturated carbocycles. The number of hydrogen-bond donors (Lipinski definition) is 1. The number of para-hydroxylation sites is 1. The first-order valence-electron chi connectivity index (χ1n) is 8.38. The highest BCUT2D eigenvalue weighted by molar-refractivity contribution is 5.93. The molecule has 1 aromatic heterocycles. The van der Waals surface area contributed by atoms with E-state index in [1.54, 1.807) is 29.0 Å². The molecular formula is C19H22N4O2. The molecular weight excluding hydrogens is 316 g/mol. The third-order valence-electron chi connectivity index (χ3n) is 4.42. The summed E-state index contributed by atoms with van der Waals surface area (Å²) in [6, 6.07) is 11.6. The number of carbonyl (C=O) groups is 2. The van der Waals surface area contributed by atoms with Crippen molar-refractivity contribution in [2.45, 2.75) is 13.8 Å². The summed E-state index contributed by atoms with van der Waals surface area (Å²) in [5.74, 6) is -0.0497. The average molecular weight is 338 g/mol. The Bertz CT molecular complexity index is 782. The van der Waals surface area contributed by atoms with Crippen LogP contribution in [0.25, 0.3) is 0 Å². The first-order valence-corrected chi connectivity index (χ1v) is 8.38. The zero-order valence-corrected chi connectivity index (χ0v) is 14.5. The highest BCUT2D eigenvalue weighted by Gasteiger charge is 2.24. The molecule has 6 nitrogen and oxygen atoms in total. The molecule has 1 saturated heterocycles. The summed E-state index contributed by atoms with van der Waals surface area (Å²) in [6.45, 7) is 5.80. The molecule has 0 bridgehead atoms. The van der Waals surface area contributed by atoms with Crippen LogP contribution >= 0.6 is 0 Å². The van der Waals surface area contributed by atoms with Crippen molar-refractivity contribution in [1.29, 1.82) is 0 Å². The lowest BCUT2D eigenvalue weighted by atomic mass is 10.2. The van der Waals surface area contributed by atoms with Gasteiger partial charge in [-0.2, -0.15) is 0 Å². The third-order valence-corrected chi connectivity index (χ3v) is 4.42. The van der Waals surface area contributed by atoms with Crippen LogP contribution in [-0.4, -0.2) is 52.8 Å². The van der Waals surface area contributed by atoms with Gasteiger partial charge in [-0.25, -0.2) is 0 Å². The second-order valence-electron chi connectivity index (χ2n) is 6.17. The Kier molecular flexibility index (Phi) is 4.97. The average Bonchev–Trinajstić information content (AvgIpc) is 2.63. The number of anilines is 2. The second kappa shape index (κ2) is 7.34. The first-order chi connectivity index (χ1) is 12.0. The van der Waals surface area contributed by atoms with Gasteiger partial charge in [0.05, 0.1) is 0 Å². The van der Waals surface area contributed by atoms with Crippen LogP contribution < -0.4 is 5.32 Å². The zero-order valence-electron chi connectivity index (χ0n) is 14.5. The molecule has 2 heterocycles. The van der Waals surface area contributed by atoms with Crippen molar-refractivity contribution < 1.29 is 9.59 Å². The number of nitrogens with one attached hydrogen (secondary N) is 1. The molecule has 0 radical (unpaired) electrons. The number of piperazine rings is 1. The Morgan fingerprint density at radius 1 is 1.04 bits per heavy atom. The normalized spacial score (nSPS) is 14.3. The van der Waals surface area contributed by atoms with Crippen molar-refractivity contribution in [2.24, 2.45) is 0 Å². The molecule has 1 aromatic carbocycles. The van der Waals surface area contributed by atoms with Crippen molar-refractivity contribution >= 4 is 23.2 Å². The standard InChI is InChI=1S/C19H22N4O2/c1-14-5-3-4-6-17(14)21-16-7-8-20-18(13-16)19(25)23-11-9-22(10-12-23)15(2)24/h3-8,13H,9-12H2,1-2H3,(H,20,21). The van der Waals surface area contributed by atoms with Crippen LogP contribution in [-0.2, 0) is 4.79 Å². The first kappa shape index (κ1) is 17.0. The van der Waals surface area contributed by atoms with Crippen LogP contribution in [0.5, 0.6) is 0 Å². The smallest absolute Gasteiger partial charge is 0.272 e. The Labute approximate surface area is 147 Å². The number of benzene rings is 1. The van der Waals surface area contributed by atoms with Gasteiger partial charge in [0.1, 0.15) is 5.69 Å². The minimum Gasteiger partial charge on any atom is -0.355 e. The molecule has 0 unspecified atom stereocenters. The molecule has 0 spiro atoms. The monoisotopic (exact) mass is 338 g/mol. The molecule has 0 aliphatic carbocycles. The van der Waals surface area contributed by atoms with Gasteiger partial charge in [0, 0.05) is 50.7 Å². The van der Waals surface area contributed by atoms with E-state index in [1.165, 1.54) is 0 Å². The van der Waals surface area contributed by atoms with Gasteiger partial charge in [-0.15, -0.1) is 0 Å². The minimum absolute atomic E-state index is 0.0506. The largest absolute Gasteiger partial charge is 0.355 e. The van der Waals surface area contributed by atoms with Crippen molar-refractivity contribution in [2.75, 3.05) is 31.5 Å². The topological polar surface area (TPSA) is 65.5 Å². The Hall–Kier alpha value is -2.89. The fourth-order valence-electron chi connectivity index (χ4n) is 2.88. The van der Waals surface area contributed by atoms with Gasteiger partial charge < -0.3 is 15.1 Å². The SMILES string of the molecule is CC(=O)N1CCN(C(=O)c2cc(Nc3ccccc3C)ccn2)CC1. The fraction of sp³-hybridized carbons (Fsp3) is 0.316. The van der Waals surface area contributed by atoms with E-state index >= 15 is 0 Å². The number of hydrogen-bond acceptors (Lipinski definition) is 4. The predicted molar refractivity (Wildman–Crippen MR) is 96.9 cm³/mol. The summed E-state index contributed by atoms with van der Waals surface area (Å²) in [5.41, 5.74) is 3.37. The molecule has 1 fully saturated rings. The van der Waals surface area contributed by atoms with E-state index < -0.39 is 0 Å². The van der Waals surface area contributed by atoms with E-state index in [1.807, 2.05) is 37.3 Å². The van der Waals surface area contributed by atoms with Gasteiger partial charge >= 0.3 is 0 Å². The highest BCUT2D eigenvalue weighted by atomic mass is 16.2. The lowest BCUT2D eigenvalue weighted by molar-refractivity contribution is -0.130. The van der Waals surface area contributed by atoms with E-state index in [4.69, 9.17) is 0 Å². The third kappa shape index (κ3) is 3.96. The van der Waals surface area contributed by atoms with Crippen molar-refractivity contribution in [3.8, 4) is 0 Å². The summed E-state index contributed by atoms with van der Waals surface area (Å²) in [7, 11) is 0. The van der Waals surface area contributed by atoms with Crippen LogP contribution in [0.3, 0.4) is 0 Å². The summed E-state index contributed by atoms with van der Waals surface area (Å²) < 4.78 is 0. The van der Waals surface area contributed by atoms with E-state index in [2.05, 4.69) is 10.3 Å². The van der Waals surface area contributed by atoms with E-state index in [0.717, 1.165) is 16.9 Å². The van der Waals surface area contributed by atoms with Gasteiger partial charge in [0.2, 0.25) is 5.91 Å². The lowest BCUT2D eigenvalue weighted by Gasteiger charge is -2.34.